The van der Waals surface area contributed by atoms with E-state index in [4.69, 9.17) is 17.0 Å². The Morgan fingerprint density at radius 3 is 2.67 bits per heavy atom. The van der Waals surface area contributed by atoms with Gasteiger partial charge in [0.05, 0.1) is 12.7 Å². The summed E-state index contributed by atoms with van der Waals surface area (Å²) in [6.07, 6.45) is 2.21. The van der Waals surface area contributed by atoms with E-state index >= 15 is 0 Å². The number of ether oxygens (including phenoxy) is 1. The number of methoxy groups -OCH3 is 1. The molecule has 8 heteroatoms. The van der Waals surface area contributed by atoms with E-state index in [0.717, 1.165) is 50.2 Å². The number of carbonyl (C=O) groups excluding carboxylic acids is 1. The van der Waals surface area contributed by atoms with E-state index in [1.165, 1.54) is 13.2 Å². The van der Waals surface area contributed by atoms with Crippen molar-refractivity contribution >= 4 is 17.6 Å². The number of hydrogen-bond acceptors (Lipinski definition) is 5. The molecule has 39 heavy (non-hydrogen) atoms. The Morgan fingerprint density at radius 2 is 1.95 bits per heavy atom. The van der Waals surface area contributed by atoms with Crippen molar-refractivity contribution in [2.45, 2.75) is 26.4 Å². The molecule has 4 N–H and O–H groups in total. The second-order valence-electron chi connectivity index (χ2n) is 9.38. The summed E-state index contributed by atoms with van der Waals surface area (Å²) >= 11 is 0. The average molecular weight is 519 g/mol. The molecule has 0 saturated heterocycles. The van der Waals surface area contributed by atoms with Crippen molar-refractivity contribution in [3.05, 3.63) is 111 Å². The van der Waals surface area contributed by atoms with Crippen molar-refractivity contribution in [2.24, 2.45) is 5.73 Å². The molecule has 0 saturated carbocycles. The summed E-state index contributed by atoms with van der Waals surface area (Å²) in [4.78, 5) is 32.0. The number of aromatic nitrogens is 1. The van der Waals surface area contributed by atoms with Gasteiger partial charge in [0.2, 0.25) is 6.54 Å². The molecule has 8 nitrogen and oxygen atoms in total. The first-order valence-electron chi connectivity index (χ1n) is 12.3. The average Bonchev–Trinajstić information content (AvgIpc) is 3.31. The minimum absolute atomic E-state index is 0.175. The van der Waals surface area contributed by atoms with Crippen LogP contribution in [0.2, 0.25) is 0 Å². The van der Waals surface area contributed by atoms with E-state index in [2.05, 4.69) is 15.1 Å². The molecule has 1 aromatic heterocycles. The fourth-order valence-electron chi connectivity index (χ4n) is 5.21. The monoisotopic (exact) mass is 518 g/mol. The maximum absolute atomic E-state index is 12.2. The Bertz CT molecular complexity index is 1690. The highest BCUT2D eigenvalue weighted by molar-refractivity contribution is 6.00. The minimum Gasteiger partial charge on any atom is -0.497 e. The van der Waals surface area contributed by atoms with Gasteiger partial charge in [0.15, 0.2) is 0 Å². The van der Waals surface area contributed by atoms with Gasteiger partial charge in [0.25, 0.3) is 5.91 Å². The number of nitrogens with zero attached hydrogens (tertiary/aromatic N) is 2. The summed E-state index contributed by atoms with van der Waals surface area (Å²) in [5.41, 5.74) is 15.0. The molecule has 0 unspecified atom stereocenters. The van der Waals surface area contributed by atoms with Crippen LogP contribution in [0.1, 0.15) is 48.7 Å². The smallest absolute Gasteiger partial charge is 0.336 e. The summed E-state index contributed by atoms with van der Waals surface area (Å²) < 4.78 is 5.18. The fourth-order valence-corrected chi connectivity index (χ4v) is 5.21. The second-order valence-corrected chi connectivity index (χ2v) is 9.38. The molecule has 4 aromatic rings. The van der Waals surface area contributed by atoms with E-state index in [1.54, 1.807) is 18.3 Å². The zero-order valence-corrected chi connectivity index (χ0v) is 21.5. The Hall–Kier alpha value is -5.16. The van der Waals surface area contributed by atoms with Crippen LogP contribution in [0.25, 0.3) is 27.1 Å². The van der Waals surface area contributed by atoms with Crippen LogP contribution in [0.5, 0.6) is 5.75 Å². The predicted molar refractivity (Wildman–Crippen MR) is 149 cm³/mol. The molecule has 1 heterocycles. The molecule has 1 aliphatic rings. The largest absolute Gasteiger partial charge is 0.497 e. The van der Waals surface area contributed by atoms with E-state index in [9.17, 15) is 14.7 Å². The van der Waals surface area contributed by atoms with Gasteiger partial charge in [-0.2, -0.15) is 0 Å². The molecule has 0 spiro atoms. The van der Waals surface area contributed by atoms with Gasteiger partial charge in [-0.25, -0.2) is 11.4 Å². The number of rotatable bonds is 8. The number of carboxylic acid groups (broad SMARTS) is 1. The molecular weight excluding hydrogens is 492 g/mol. The van der Waals surface area contributed by atoms with Crippen molar-refractivity contribution in [2.75, 3.05) is 12.4 Å². The SMILES string of the molecule is [C-]#[N+]Cc1ccc2c(c1)Cc1c(C(N)=O)ncc(-c3cccc(NCc4ccc(OC)cc4C(=O)O)c3C)c1-2. The van der Waals surface area contributed by atoms with Gasteiger partial charge in [-0.1, -0.05) is 30.3 Å². The lowest BCUT2D eigenvalue weighted by Crippen LogP contribution is -2.16. The first-order valence-corrected chi connectivity index (χ1v) is 12.3. The topological polar surface area (TPSA) is 119 Å². The maximum atomic E-state index is 12.2. The molecule has 0 radical (unpaired) electrons. The molecule has 1 amide bonds. The number of carbonyl (C=O) groups is 2. The van der Waals surface area contributed by atoms with Crippen LogP contribution in [-0.2, 0) is 19.5 Å². The lowest BCUT2D eigenvalue weighted by atomic mass is 9.91. The molecule has 1 aliphatic carbocycles. The van der Waals surface area contributed by atoms with Crippen molar-refractivity contribution in [1.29, 1.82) is 0 Å². The number of primary amides is 1. The molecule has 3 aromatic carbocycles. The summed E-state index contributed by atoms with van der Waals surface area (Å²) in [7, 11) is 1.50. The van der Waals surface area contributed by atoms with Gasteiger partial charge in [0, 0.05) is 36.0 Å². The summed E-state index contributed by atoms with van der Waals surface area (Å²) in [6.45, 7) is 9.79. The van der Waals surface area contributed by atoms with Crippen molar-refractivity contribution < 1.29 is 19.4 Å². The highest BCUT2D eigenvalue weighted by Gasteiger charge is 2.28. The number of hydrogen-bond donors (Lipinski definition) is 3. The third-order valence-corrected chi connectivity index (χ3v) is 7.12. The number of fused-ring (bicyclic) bond motifs is 3. The van der Waals surface area contributed by atoms with Crippen LogP contribution < -0.4 is 15.8 Å². The fraction of sp³-hybridized carbons (Fsp3) is 0.161. The Kier molecular flexibility index (Phi) is 6.73. The van der Waals surface area contributed by atoms with Crippen LogP contribution >= 0.6 is 0 Å². The predicted octanol–water partition coefficient (Wildman–Crippen LogP) is 5.47. The van der Waals surface area contributed by atoms with Crippen LogP contribution in [0.4, 0.5) is 5.69 Å². The van der Waals surface area contributed by atoms with E-state index in [1.807, 2.05) is 43.3 Å². The third-order valence-electron chi connectivity index (χ3n) is 7.12. The lowest BCUT2D eigenvalue weighted by Gasteiger charge is -2.17. The number of aromatic carboxylic acids is 1. The molecule has 0 aliphatic heterocycles. The second kappa shape index (κ2) is 10.3. The zero-order valence-electron chi connectivity index (χ0n) is 21.5. The minimum atomic E-state index is -1.02. The molecule has 5 rings (SSSR count). The van der Waals surface area contributed by atoms with E-state index < -0.39 is 11.9 Å². The van der Waals surface area contributed by atoms with Gasteiger partial charge in [0.1, 0.15) is 11.4 Å². The highest BCUT2D eigenvalue weighted by atomic mass is 16.5. The third kappa shape index (κ3) is 4.66. The number of nitrogens with one attached hydrogen (secondary N) is 1. The molecule has 0 atom stereocenters. The van der Waals surface area contributed by atoms with Gasteiger partial charge in [-0.15, -0.1) is 0 Å². The summed E-state index contributed by atoms with van der Waals surface area (Å²) in [5, 5.41) is 13.1. The van der Waals surface area contributed by atoms with E-state index in [-0.39, 0.29) is 11.3 Å². The number of nitrogens with two attached hydrogens (primary N) is 1. The van der Waals surface area contributed by atoms with Crippen molar-refractivity contribution in [1.82, 2.24) is 4.98 Å². The van der Waals surface area contributed by atoms with E-state index in [0.29, 0.717) is 30.8 Å². The van der Waals surface area contributed by atoms with Gasteiger partial charge in [-0.3, -0.25) is 9.78 Å². The molecular formula is C31H26N4O4. The summed E-state index contributed by atoms with van der Waals surface area (Å²) in [5.74, 6) is -1.12. The number of anilines is 1. The molecule has 0 fully saturated rings. The van der Waals surface area contributed by atoms with Crippen molar-refractivity contribution in [3.8, 4) is 28.0 Å². The number of benzene rings is 3. The van der Waals surface area contributed by atoms with Crippen LogP contribution in [0, 0.1) is 13.5 Å². The number of amides is 1. The maximum Gasteiger partial charge on any atom is 0.336 e. The van der Waals surface area contributed by atoms with Gasteiger partial charge >= 0.3 is 5.97 Å². The first-order chi connectivity index (χ1) is 18.8. The Labute approximate surface area is 225 Å². The Balaban J connectivity index is 1.55. The van der Waals surface area contributed by atoms with Gasteiger partial charge < -0.3 is 25.7 Å². The first kappa shape index (κ1) is 25.5. The van der Waals surface area contributed by atoms with Crippen LogP contribution in [-0.4, -0.2) is 29.1 Å². The normalized spacial score (nSPS) is 11.3. The highest BCUT2D eigenvalue weighted by Crippen LogP contribution is 2.45. The van der Waals surface area contributed by atoms with Crippen LogP contribution in [0.15, 0.2) is 60.8 Å². The van der Waals surface area contributed by atoms with Crippen LogP contribution in [0.3, 0.4) is 0 Å². The standard InChI is InChI=1S/C31H26N4O4/c1-17-22(5-4-6-27(17)34-15-19-8-9-21(39-3)13-24(19)31(37)38)26-16-35-29(30(32)36)25-12-20-11-18(14-33-2)7-10-23(20)28(25)26/h4-11,13,16,34H,12,14-15H2,1,3H3,(H2,32,36)(H,37,38). The summed E-state index contributed by atoms with van der Waals surface area (Å²) in [6, 6.07) is 16.8. The molecule has 194 valence electrons. The quantitative estimate of drug-likeness (QED) is 0.235. The van der Waals surface area contributed by atoms with Gasteiger partial charge in [-0.05, 0) is 70.1 Å². The molecule has 0 bridgehead atoms. The number of pyridine rings is 1. The van der Waals surface area contributed by atoms with Crippen molar-refractivity contribution in [3.63, 3.8) is 0 Å². The zero-order chi connectivity index (χ0) is 27.7. The number of carboxylic acids is 1. The Morgan fingerprint density at radius 1 is 1.13 bits per heavy atom. The lowest BCUT2D eigenvalue weighted by molar-refractivity contribution is 0.0695.